The maximum Gasteiger partial charge on any atom is 0.213 e. The Bertz CT molecular complexity index is 920. The Hall–Kier alpha value is -3.09. The number of aromatic nitrogens is 3. The number of guanidine groups is 1. The molecule has 0 saturated carbocycles. The van der Waals surface area contributed by atoms with E-state index in [1.807, 2.05) is 18.5 Å². The Morgan fingerprint density at radius 3 is 2.62 bits per heavy atom. The first kappa shape index (κ1) is 20.6. The van der Waals surface area contributed by atoms with E-state index in [0.29, 0.717) is 18.4 Å². The molecule has 0 aliphatic heterocycles. The molecule has 154 valence electrons. The normalized spacial score (nSPS) is 12.2. The summed E-state index contributed by atoms with van der Waals surface area (Å²) < 4.78 is 7.98. The summed E-state index contributed by atoms with van der Waals surface area (Å²) in [6, 6.07) is 10.4. The lowest BCUT2D eigenvalue weighted by Crippen LogP contribution is -2.38. The van der Waals surface area contributed by atoms with E-state index < -0.39 is 0 Å². The number of oxazole rings is 1. The molecule has 0 aliphatic carbocycles. The van der Waals surface area contributed by atoms with Crippen molar-refractivity contribution in [2.24, 2.45) is 4.99 Å². The van der Waals surface area contributed by atoms with Crippen LogP contribution in [0.4, 0.5) is 0 Å². The van der Waals surface area contributed by atoms with E-state index in [0.717, 1.165) is 31.1 Å². The van der Waals surface area contributed by atoms with Crippen LogP contribution in [0.3, 0.4) is 0 Å². The van der Waals surface area contributed by atoms with E-state index in [2.05, 4.69) is 75.2 Å². The Labute approximate surface area is 172 Å². The summed E-state index contributed by atoms with van der Waals surface area (Å²) in [5.74, 6) is 3.28. The van der Waals surface area contributed by atoms with Crippen LogP contribution in [0.2, 0.25) is 0 Å². The van der Waals surface area contributed by atoms with Gasteiger partial charge in [-0.1, -0.05) is 51.1 Å². The molecular weight excluding hydrogens is 364 g/mol. The van der Waals surface area contributed by atoms with E-state index in [1.54, 1.807) is 13.2 Å². The number of nitrogens with one attached hydrogen (secondary N) is 2. The number of hydrogen-bond donors (Lipinski definition) is 2. The molecule has 3 rings (SSSR count). The SMILES string of the molecule is CN=C(NCCc1nccn1Cc1ccccc1)NCc1ncc(C(C)(C)C)o1. The third-order valence-electron chi connectivity index (χ3n) is 4.56. The van der Waals surface area contributed by atoms with Crippen LogP contribution in [0.25, 0.3) is 0 Å². The van der Waals surface area contributed by atoms with E-state index in [-0.39, 0.29) is 5.41 Å². The van der Waals surface area contributed by atoms with Crippen molar-refractivity contribution in [3.8, 4) is 0 Å². The molecule has 0 fully saturated rings. The fourth-order valence-electron chi connectivity index (χ4n) is 2.90. The van der Waals surface area contributed by atoms with Crippen molar-refractivity contribution < 1.29 is 4.42 Å². The second-order valence-electron chi connectivity index (χ2n) is 7.93. The minimum atomic E-state index is -0.0488. The van der Waals surface area contributed by atoms with Gasteiger partial charge in [-0.2, -0.15) is 0 Å². The van der Waals surface area contributed by atoms with Gasteiger partial charge in [0.2, 0.25) is 5.89 Å². The summed E-state index contributed by atoms with van der Waals surface area (Å²) in [5.41, 5.74) is 1.21. The summed E-state index contributed by atoms with van der Waals surface area (Å²) in [6.07, 6.45) is 6.46. The van der Waals surface area contributed by atoms with Gasteiger partial charge < -0.3 is 19.6 Å². The molecule has 0 amide bonds. The molecule has 29 heavy (non-hydrogen) atoms. The van der Waals surface area contributed by atoms with E-state index in [4.69, 9.17) is 4.42 Å². The topological polar surface area (TPSA) is 80.3 Å². The molecule has 0 atom stereocenters. The van der Waals surface area contributed by atoms with Crippen LogP contribution in [0, 0.1) is 0 Å². The third kappa shape index (κ3) is 5.94. The summed E-state index contributed by atoms with van der Waals surface area (Å²) in [7, 11) is 1.75. The highest BCUT2D eigenvalue weighted by molar-refractivity contribution is 5.79. The Balaban J connectivity index is 1.47. The van der Waals surface area contributed by atoms with Gasteiger partial charge in [0, 0.05) is 44.4 Å². The van der Waals surface area contributed by atoms with E-state index >= 15 is 0 Å². The zero-order valence-corrected chi connectivity index (χ0v) is 17.6. The van der Waals surface area contributed by atoms with Crippen molar-refractivity contribution in [3.05, 3.63) is 72.0 Å². The molecule has 0 unspecified atom stereocenters. The van der Waals surface area contributed by atoms with Crippen LogP contribution in [0.1, 0.15) is 43.8 Å². The summed E-state index contributed by atoms with van der Waals surface area (Å²) in [5, 5.41) is 6.56. The van der Waals surface area contributed by atoms with Gasteiger partial charge in [0.1, 0.15) is 11.6 Å². The fourth-order valence-corrected chi connectivity index (χ4v) is 2.90. The van der Waals surface area contributed by atoms with Crippen molar-refractivity contribution in [1.82, 2.24) is 25.2 Å². The van der Waals surface area contributed by atoms with Gasteiger partial charge in [-0.05, 0) is 5.56 Å². The Morgan fingerprint density at radius 1 is 1.14 bits per heavy atom. The minimum Gasteiger partial charge on any atom is -0.443 e. The Kier molecular flexibility index (Phi) is 6.69. The molecule has 2 aromatic heterocycles. The predicted octanol–water partition coefficient (Wildman–Crippen LogP) is 3.12. The lowest BCUT2D eigenvalue weighted by molar-refractivity contribution is 0.379. The molecular formula is C22H30N6O. The lowest BCUT2D eigenvalue weighted by atomic mass is 9.94. The van der Waals surface area contributed by atoms with E-state index in [1.165, 1.54) is 5.56 Å². The van der Waals surface area contributed by atoms with Crippen LogP contribution in [-0.4, -0.2) is 34.1 Å². The highest BCUT2D eigenvalue weighted by Gasteiger charge is 2.19. The monoisotopic (exact) mass is 394 g/mol. The number of aliphatic imine (C=N–C) groups is 1. The highest BCUT2D eigenvalue weighted by Crippen LogP contribution is 2.22. The number of nitrogens with zero attached hydrogens (tertiary/aromatic N) is 4. The summed E-state index contributed by atoms with van der Waals surface area (Å²) in [4.78, 5) is 13.1. The van der Waals surface area contributed by atoms with Crippen molar-refractivity contribution in [3.63, 3.8) is 0 Å². The van der Waals surface area contributed by atoms with Gasteiger partial charge in [-0.25, -0.2) is 9.97 Å². The van der Waals surface area contributed by atoms with Crippen LogP contribution in [-0.2, 0) is 24.9 Å². The number of imidazole rings is 1. The van der Waals surface area contributed by atoms with Crippen LogP contribution in [0.5, 0.6) is 0 Å². The zero-order chi connectivity index (χ0) is 20.7. The maximum atomic E-state index is 5.81. The Morgan fingerprint density at radius 2 is 1.93 bits per heavy atom. The zero-order valence-electron chi connectivity index (χ0n) is 17.6. The standard InChI is InChI=1S/C22H30N6O/c1-22(2,3)18-14-26-20(29-18)15-27-21(23-4)25-11-10-19-24-12-13-28(19)16-17-8-6-5-7-9-17/h5-9,12-14H,10-11,15-16H2,1-4H3,(H2,23,25,27). The number of hydrogen-bond acceptors (Lipinski definition) is 4. The molecule has 7 heteroatoms. The maximum absolute atomic E-state index is 5.81. The van der Waals surface area contributed by atoms with Crippen LogP contribution >= 0.6 is 0 Å². The van der Waals surface area contributed by atoms with Gasteiger partial charge in [0.15, 0.2) is 5.96 Å². The summed E-state index contributed by atoms with van der Waals surface area (Å²) >= 11 is 0. The third-order valence-corrected chi connectivity index (χ3v) is 4.56. The lowest BCUT2D eigenvalue weighted by Gasteiger charge is -2.13. The molecule has 0 aliphatic rings. The van der Waals surface area contributed by atoms with Gasteiger partial charge in [-0.15, -0.1) is 0 Å². The molecule has 1 aromatic carbocycles. The quantitative estimate of drug-likeness (QED) is 0.475. The number of rotatable bonds is 7. The number of benzene rings is 1. The fraction of sp³-hybridized carbons (Fsp3) is 0.409. The molecule has 3 aromatic rings. The average molecular weight is 395 g/mol. The molecule has 0 radical (unpaired) electrons. The first-order chi connectivity index (χ1) is 14.0. The highest BCUT2D eigenvalue weighted by atomic mass is 16.4. The largest absolute Gasteiger partial charge is 0.443 e. The minimum absolute atomic E-state index is 0.0488. The smallest absolute Gasteiger partial charge is 0.213 e. The average Bonchev–Trinajstić information content (AvgIpc) is 3.35. The molecule has 2 heterocycles. The first-order valence-electron chi connectivity index (χ1n) is 9.89. The van der Waals surface area contributed by atoms with Crippen LogP contribution in [0.15, 0.2) is 58.3 Å². The molecule has 2 N–H and O–H groups in total. The van der Waals surface area contributed by atoms with E-state index in [9.17, 15) is 0 Å². The molecule has 0 bridgehead atoms. The first-order valence-corrected chi connectivity index (χ1v) is 9.89. The second kappa shape index (κ2) is 9.41. The van der Waals surface area contributed by atoms with Crippen molar-refractivity contribution in [1.29, 1.82) is 0 Å². The van der Waals surface area contributed by atoms with Gasteiger partial charge >= 0.3 is 0 Å². The van der Waals surface area contributed by atoms with Crippen LogP contribution < -0.4 is 10.6 Å². The molecule has 0 spiro atoms. The van der Waals surface area contributed by atoms with Crippen molar-refractivity contribution in [2.75, 3.05) is 13.6 Å². The van der Waals surface area contributed by atoms with Crippen molar-refractivity contribution >= 4 is 5.96 Å². The van der Waals surface area contributed by atoms with Gasteiger partial charge in [0.05, 0.1) is 12.7 Å². The second-order valence-corrected chi connectivity index (χ2v) is 7.93. The predicted molar refractivity (Wildman–Crippen MR) is 115 cm³/mol. The van der Waals surface area contributed by atoms with Gasteiger partial charge in [-0.3, -0.25) is 4.99 Å². The van der Waals surface area contributed by atoms with Gasteiger partial charge in [0.25, 0.3) is 0 Å². The molecule has 7 nitrogen and oxygen atoms in total. The van der Waals surface area contributed by atoms with Crippen molar-refractivity contribution in [2.45, 2.75) is 45.7 Å². The summed E-state index contributed by atoms with van der Waals surface area (Å²) in [6.45, 7) is 8.35. The molecule has 0 saturated heterocycles.